The summed E-state index contributed by atoms with van der Waals surface area (Å²) in [5.41, 5.74) is 0. The summed E-state index contributed by atoms with van der Waals surface area (Å²) in [5, 5.41) is 0. The van der Waals surface area contributed by atoms with E-state index < -0.39 is 0 Å². The third-order valence-corrected chi connectivity index (χ3v) is 2.53. The number of hydrogen-bond donors (Lipinski definition) is 0. The van der Waals surface area contributed by atoms with Crippen LogP contribution in [-0.2, 0) is 14.3 Å². The fourth-order valence-electron chi connectivity index (χ4n) is 1.51. The second-order valence-electron chi connectivity index (χ2n) is 4.56. The van der Waals surface area contributed by atoms with Gasteiger partial charge in [0, 0.05) is 6.61 Å². The number of unbranched alkanes of at least 4 members (excludes halogenated alkanes) is 1. The number of methoxy groups -OCH3 is 1. The van der Waals surface area contributed by atoms with Crippen LogP contribution in [0.15, 0.2) is 0 Å². The molecule has 0 rings (SSSR count). The molecule has 0 radical (unpaired) electrons. The summed E-state index contributed by atoms with van der Waals surface area (Å²) in [6.07, 6.45) is 4.63. The highest BCUT2D eigenvalue weighted by Crippen LogP contribution is 2.09. The van der Waals surface area contributed by atoms with Crippen LogP contribution in [0.2, 0.25) is 0 Å². The van der Waals surface area contributed by atoms with Gasteiger partial charge < -0.3 is 9.47 Å². The maximum absolute atomic E-state index is 11.4. The summed E-state index contributed by atoms with van der Waals surface area (Å²) in [7, 11) is 1.42. The quantitative estimate of drug-likeness (QED) is 0.451. The Hall–Kier alpha value is -0.570. The third-order valence-electron chi connectivity index (χ3n) is 2.53. The van der Waals surface area contributed by atoms with Crippen LogP contribution in [0.4, 0.5) is 0 Å². The SMILES string of the molecule is CCCCC(OCCCC(C)C)C(=O)OC. The van der Waals surface area contributed by atoms with Gasteiger partial charge in [-0.3, -0.25) is 0 Å². The molecule has 0 aromatic heterocycles. The number of esters is 1. The summed E-state index contributed by atoms with van der Waals surface area (Å²) in [5.74, 6) is 0.453. The zero-order valence-electron chi connectivity index (χ0n) is 11.1. The molecule has 0 aromatic carbocycles. The lowest BCUT2D eigenvalue weighted by Gasteiger charge is -2.15. The van der Waals surface area contributed by atoms with Gasteiger partial charge in [-0.05, 0) is 25.2 Å². The average Bonchev–Trinajstić information content (AvgIpc) is 2.26. The van der Waals surface area contributed by atoms with E-state index in [9.17, 15) is 4.79 Å². The summed E-state index contributed by atoms with van der Waals surface area (Å²) >= 11 is 0. The molecule has 0 saturated carbocycles. The van der Waals surface area contributed by atoms with Crippen LogP contribution in [-0.4, -0.2) is 25.8 Å². The lowest BCUT2D eigenvalue weighted by Crippen LogP contribution is -2.26. The van der Waals surface area contributed by atoms with Gasteiger partial charge >= 0.3 is 5.97 Å². The van der Waals surface area contributed by atoms with Crippen LogP contribution in [0, 0.1) is 5.92 Å². The maximum Gasteiger partial charge on any atom is 0.334 e. The fraction of sp³-hybridized carbons (Fsp3) is 0.923. The Bertz CT molecular complexity index is 178. The first-order valence-corrected chi connectivity index (χ1v) is 6.31. The Labute approximate surface area is 99.5 Å². The van der Waals surface area contributed by atoms with E-state index in [-0.39, 0.29) is 12.1 Å². The van der Waals surface area contributed by atoms with E-state index in [1.165, 1.54) is 7.11 Å². The number of carbonyl (C=O) groups is 1. The molecule has 0 aliphatic carbocycles. The normalized spacial score (nSPS) is 12.8. The summed E-state index contributed by atoms with van der Waals surface area (Å²) in [6, 6.07) is 0. The molecule has 0 aliphatic rings. The van der Waals surface area contributed by atoms with Gasteiger partial charge in [0.2, 0.25) is 0 Å². The molecule has 96 valence electrons. The lowest BCUT2D eigenvalue weighted by atomic mass is 10.1. The monoisotopic (exact) mass is 230 g/mol. The first kappa shape index (κ1) is 15.4. The highest BCUT2D eigenvalue weighted by Gasteiger charge is 2.18. The molecular weight excluding hydrogens is 204 g/mol. The zero-order chi connectivity index (χ0) is 12.4. The van der Waals surface area contributed by atoms with Crippen LogP contribution in [0.5, 0.6) is 0 Å². The third kappa shape index (κ3) is 7.69. The summed E-state index contributed by atoms with van der Waals surface area (Å²) in [6.45, 7) is 7.14. The van der Waals surface area contributed by atoms with Crippen molar-refractivity contribution in [3.8, 4) is 0 Å². The second-order valence-corrected chi connectivity index (χ2v) is 4.56. The van der Waals surface area contributed by atoms with E-state index in [4.69, 9.17) is 9.47 Å². The van der Waals surface area contributed by atoms with Gasteiger partial charge in [0.1, 0.15) is 0 Å². The predicted octanol–water partition coefficient (Wildman–Crippen LogP) is 3.17. The highest BCUT2D eigenvalue weighted by molar-refractivity contribution is 5.74. The minimum atomic E-state index is -0.364. The molecule has 0 aromatic rings. The lowest BCUT2D eigenvalue weighted by molar-refractivity contribution is -0.154. The summed E-state index contributed by atoms with van der Waals surface area (Å²) in [4.78, 5) is 11.4. The fourth-order valence-corrected chi connectivity index (χ4v) is 1.51. The predicted molar refractivity (Wildman–Crippen MR) is 65.4 cm³/mol. The van der Waals surface area contributed by atoms with Gasteiger partial charge in [-0.1, -0.05) is 33.6 Å². The van der Waals surface area contributed by atoms with Crippen molar-refractivity contribution in [3.63, 3.8) is 0 Å². The van der Waals surface area contributed by atoms with Crippen molar-refractivity contribution in [2.45, 2.75) is 59.0 Å². The minimum absolute atomic E-state index is 0.238. The molecular formula is C13H26O3. The van der Waals surface area contributed by atoms with E-state index in [2.05, 4.69) is 20.8 Å². The second kappa shape index (κ2) is 9.64. The van der Waals surface area contributed by atoms with E-state index >= 15 is 0 Å². The molecule has 3 heteroatoms. The van der Waals surface area contributed by atoms with Gasteiger partial charge in [0.25, 0.3) is 0 Å². The van der Waals surface area contributed by atoms with E-state index in [0.29, 0.717) is 12.5 Å². The van der Waals surface area contributed by atoms with Crippen molar-refractivity contribution in [3.05, 3.63) is 0 Å². The minimum Gasteiger partial charge on any atom is -0.467 e. The van der Waals surface area contributed by atoms with Gasteiger partial charge in [-0.2, -0.15) is 0 Å². The molecule has 0 fully saturated rings. The number of hydrogen-bond acceptors (Lipinski definition) is 3. The standard InChI is InChI=1S/C13H26O3/c1-5-6-9-12(13(14)15-4)16-10-7-8-11(2)3/h11-12H,5-10H2,1-4H3. The van der Waals surface area contributed by atoms with Gasteiger partial charge in [-0.15, -0.1) is 0 Å². The first-order valence-electron chi connectivity index (χ1n) is 6.31. The molecule has 0 bridgehead atoms. The van der Waals surface area contributed by atoms with Gasteiger partial charge in [0.05, 0.1) is 7.11 Å². The smallest absolute Gasteiger partial charge is 0.334 e. The Balaban J connectivity index is 3.78. The van der Waals surface area contributed by atoms with Crippen molar-refractivity contribution in [1.29, 1.82) is 0 Å². The molecule has 3 nitrogen and oxygen atoms in total. The number of carbonyl (C=O) groups excluding carboxylic acids is 1. The van der Waals surface area contributed by atoms with Crippen LogP contribution in [0.1, 0.15) is 52.9 Å². The zero-order valence-corrected chi connectivity index (χ0v) is 11.1. The molecule has 0 N–H and O–H groups in total. The molecule has 16 heavy (non-hydrogen) atoms. The summed E-state index contributed by atoms with van der Waals surface area (Å²) < 4.78 is 10.3. The average molecular weight is 230 g/mol. The molecule has 0 heterocycles. The van der Waals surface area contributed by atoms with Crippen molar-refractivity contribution in [2.24, 2.45) is 5.92 Å². The van der Waals surface area contributed by atoms with Crippen LogP contribution in [0.25, 0.3) is 0 Å². The van der Waals surface area contributed by atoms with E-state index in [1.807, 2.05) is 0 Å². The topological polar surface area (TPSA) is 35.5 Å². The van der Waals surface area contributed by atoms with E-state index in [1.54, 1.807) is 0 Å². The van der Waals surface area contributed by atoms with Crippen molar-refractivity contribution >= 4 is 5.97 Å². The Morgan fingerprint density at radius 2 is 1.88 bits per heavy atom. The van der Waals surface area contributed by atoms with Crippen LogP contribution >= 0.6 is 0 Å². The highest BCUT2D eigenvalue weighted by atomic mass is 16.6. The molecule has 0 spiro atoms. The van der Waals surface area contributed by atoms with Gasteiger partial charge in [0.15, 0.2) is 6.10 Å². The Morgan fingerprint density at radius 3 is 2.38 bits per heavy atom. The molecule has 0 aliphatic heterocycles. The molecule has 0 amide bonds. The van der Waals surface area contributed by atoms with Crippen molar-refractivity contribution in [1.82, 2.24) is 0 Å². The molecule has 1 unspecified atom stereocenters. The van der Waals surface area contributed by atoms with Crippen LogP contribution < -0.4 is 0 Å². The first-order chi connectivity index (χ1) is 7.61. The van der Waals surface area contributed by atoms with Crippen molar-refractivity contribution < 1.29 is 14.3 Å². The van der Waals surface area contributed by atoms with Crippen molar-refractivity contribution in [2.75, 3.05) is 13.7 Å². The molecule has 1 atom stereocenters. The largest absolute Gasteiger partial charge is 0.467 e. The Morgan fingerprint density at radius 1 is 1.19 bits per heavy atom. The Kier molecular flexibility index (Phi) is 9.30. The van der Waals surface area contributed by atoms with Crippen LogP contribution in [0.3, 0.4) is 0 Å². The number of ether oxygens (including phenoxy) is 2. The number of rotatable bonds is 9. The van der Waals surface area contributed by atoms with Gasteiger partial charge in [-0.25, -0.2) is 4.79 Å². The molecule has 0 saturated heterocycles. The van der Waals surface area contributed by atoms with E-state index in [0.717, 1.165) is 32.1 Å². The maximum atomic E-state index is 11.4.